The molecular weight excluding hydrogens is 314 g/mol. The fourth-order valence-corrected chi connectivity index (χ4v) is 3.03. The Bertz CT molecular complexity index is 550. The van der Waals surface area contributed by atoms with Crippen molar-refractivity contribution < 1.29 is 9.59 Å². The average molecular weight is 338 g/mol. The minimum absolute atomic E-state index is 0.177. The predicted octanol–water partition coefficient (Wildman–Crippen LogP) is 3.10. The molecule has 0 radical (unpaired) electrons. The van der Waals surface area contributed by atoms with Crippen LogP contribution in [0.5, 0.6) is 0 Å². The van der Waals surface area contributed by atoms with Crippen LogP contribution in [0.2, 0.25) is 5.02 Å². The summed E-state index contributed by atoms with van der Waals surface area (Å²) >= 11 is 6.12. The molecule has 5 nitrogen and oxygen atoms in total. The third-order valence-electron chi connectivity index (χ3n) is 4.06. The van der Waals surface area contributed by atoms with Crippen molar-refractivity contribution in [3.8, 4) is 0 Å². The van der Waals surface area contributed by atoms with Gasteiger partial charge in [0.1, 0.15) is 0 Å². The first-order chi connectivity index (χ1) is 11.1. The maximum absolute atomic E-state index is 12.0. The molecule has 0 aliphatic carbocycles. The van der Waals surface area contributed by atoms with Crippen molar-refractivity contribution in [3.05, 3.63) is 34.9 Å². The standard InChI is InChI=1S/C17H24ClN3O2/c1-13(14-7-4-5-8-15(14)18)20-17(23)19-10-12-21-11-6-2-3-9-16(21)22/h4-5,7-8,13H,2-3,6,9-12H2,1H3,(H2,19,20,23). The topological polar surface area (TPSA) is 61.4 Å². The first-order valence-electron chi connectivity index (χ1n) is 8.14. The third-order valence-corrected chi connectivity index (χ3v) is 4.40. The van der Waals surface area contributed by atoms with Crippen molar-refractivity contribution >= 4 is 23.5 Å². The second-order valence-electron chi connectivity index (χ2n) is 5.83. The number of urea groups is 1. The first kappa shape index (κ1) is 17.6. The van der Waals surface area contributed by atoms with E-state index in [2.05, 4.69) is 10.6 Å². The van der Waals surface area contributed by atoms with Gasteiger partial charge in [-0.25, -0.2) is 4.79 Å². The number of halogens is 1. The van der Waals surface area contributed by atoms with Gasteiger partial charge in [-0.2, -0.15) is 0 Å². The molecule has 1 aromatic carbocycles. The smallest absolute Gasteiger partial charge is 0.315 e. The molecule has 0 aromatic heterocycles. The molecule has 6 heteroatoms. The van der Waals surface area contributed by atoms with Crippen LogP contribution in [0.3, 0.4) is 0 Å². The summed E-state index contributed by atoms with van der Waals surface area (Å²) in [4.78, 5) is 25.7. The number of benzene rings is 1. The van der Waals surface area contributed by atoms with Gasteiger partial charge in [-0.15, -0.1) is 0 Å². The van der Waals surface area contributed by atoms with E-state index < -0.39 is 0 Å². The molecule has 0 spiro atoms. The van der Waals surface area contributed by atoms with Crippen molar-refractivity contribution in [1.82, 2.24) is 15.5 Å². The lowest BCUT2D eigenvalue weighted by molar-refractivity contribution is -0.130. The molecule has 1 aromatic rings. The number of rotatable bonds is 5. The van der Waals surface area contributed by atoms with Gasteiger partial charge in [-0.1, -0.05) is 36.2 Å². The zero-order valence-electron chi connectivity index (χ0n) is 13.5. The molecule has 1 aliphatic heterocycles. The molecule has 3 amide bonds. The highest BCUT2D eigenvalue weighted by atomic mass is 35.5. The van der Waals surface area contributed by atoms with E-state index in [1.54, 1.807) is 6.07 Å². The van der Waals surface area contributed by atoms with Crippen LogP contribution in [0.4, 0.5) is 4.79 Å². The van der Waals surface area contributed by atoms with Gasteiger partial charge < -0.3 is 15.5 Å². The van der Waals surface area contributed by atoms with Crippen LogP contribution in [0.15, 0.2) is 24.3 Å². The van der Waals surface area contributed by atoms with Crippen LogP contribution in [0.1, 0.15) is 44.2 Å². The van der Waals surface area contributed by atoms with Gasteiger partial charge in [0.25, 0.3) is 0 Å². The van der Waals surface area contributed by atoms with Gasteiger partial charge in [-0.05, 0) is 31.4 Å². The van der Waals surface area contributed by atoms with Crippen molar-refractivity contribution in [2.45, 2.75) is 38.6 Å². The predicted molar refractivity (Wildman–Crippen MR) is 91.4 cm³/mol. The molecule has 23 heavy (non-hydrogen) atoms. The summed E-state index contributed by atoms with van der Waals surface area (Å²) in [6, 6.07) is 7.02. The van der Waals surface area contributed by atoms with Gasteiger partial charge in [0.2, 0.25) is 5.91 Å². The number of nitrogens with zero attached hydrogens (tertiary/aromatic N) is 1. The van der Waals surface area contributed by atoms with E-state index in [9.17, 15) is 9.59 Å². The molecule has 0 saturated carbocycles. The van der Waals surface area contributed by atoms with Crippen molar-refractivity contribution in [2.24, 2.45) is 0 Å². The maximum Gasteiger partial charge on any atom is 0.315 e. The summed E-state index contributed by atoms with van der Waals surface area (Å²) in [6.07, 6.45) is 3.74. The molecule has 1 saturated heterocycles. The molecule has 1 aliphatic rings. The number of likely N-dealkylation sites (tertiary alicyclic amines) is 1. The second kappa shape index (κ2) is 8.77. The quantitative estimate of drug-likeness (QED) is 0.867. The highest BCUT2D eigenvalue weighted by molar-refractivity contribution is 6.31. The molecule has 1 heterocycles. The lowest BCUT2D eigenvalue weighted by atomic mass is 10.1. The molecular formula is C17H24ClN3O2. The van der Waals surface area contributed by atoms with Crippen molar-refractivity contribution in [3.63, 3.8) is 0 Å². The summed E-state index contributed by atoms with van der Waals surface area (Å²) in [5, 5.41) is 6.30. The SMILES string of the molecule is CC(NC(=O)NCCN1CCCCCC1=O)c1ccccc1Cl. The number of hydrogen-bond acceptors (Lipinski definition) is 2. The van der Waals surface area contributed by atoms with Gasteiger partial charge in [0.05, 0.1) is 6.04 Å². The van der Waals surface area contributed by atoms with E-state index >= 15 is 0 Å². The Kier molecular flexibility index (Phi) is 6.71. The number of hydrogen-bond donors (Lipinski definition) is 2. The number of carbonyl (C=O) groups excluding carboxylic acids is 2. The Balaban J connectivity index is 1.74. The summed E-state index contributed by atoms with van der Waals surface area (Å²) in [5.41, 5.74) is 0.881. The molecule has 1 fully saturated rings. The first-order valence-corrected chi connectivity index (χ1v) is 8.52. The van der Waals surface area contributed by atoms with E-state index in [0.29, 0.717) is 24.5 Å². The summed E-state index contributed by atoms with van der Waals surface area (Å²) in [7, 11) is 0. The second-order valence-corrected chi connectivity index (χ2v) is 6.24. The molecule has 0 bridgehead atoms. The molecule has 2 rings (SSSR count). The largest absolute Gasteiger partial charge is 0.341 e. The molecule has 126 valence electrons. The van der Waals surface area contributed by atoms with Crippen LogP contribution >= 0.6 is 11.6 Å². The normalized spacial score (nSPS) is 16.6. The van der Waals surface area contributed by atoms with E-state index in [4.69, 9.17) is 11.6 Å². The van der Waals surface area contributed by atoms with E-state index in [0.717, 1.165) is 31.4 Å². The highest BCUT2D eigenvalue weighted by Crippen LogP contribution is 2.21. The summed E-state index contributed by atoms with van der Waals surface area (Å²) in [6.45, 7) is 3.69. The zero-order chi connectivity index (χ0) is 16.7. The van der Waals surface area contributed by atoms with Crippen LogP contribution in [-0.2, 0) is 4.79 Å². The lowest BCUT2D eigenvalue weighted by Crippen LogP contribution is -2.42. The molecule has 1 atom stereocenters. The fourth-order valence-electron chi connectivity index (χ4n) is 2.73. The fraction of sp³-hybridized carbons (Fsp3) is 0.529. The summed E-state index contributed by atoms with van der Waals surface area (Å²) < 4.78 is 0. The Morgan fingerprint density at radius 1 is 1.30 bits per heavy atom. The Morgan fingerprint density at radius 2 is 2.09 bits per heavy atom. The zero-order valence-corrected chi connectivity index (χ0v) is 14.2. The number of nitrogens with one attached hydrogen (secondary N) is 2. The van der Waals surface area contributed by atoms with Gasteiger partial charge in [0.15, 0.2) is 0 Å². The van der Waals surface area contributed by atoms with Crippen LogP contribution in [0, 0.1) is 0 Å². The summed E-state index contributed by atoms with van der Waals surface area (Å²) in [5.74, 6) is 0.189. The highest BCUT2D eigenvalue weighted by Gasteiger charge is 2.16. The van der Waals surface area contributed by atoms with Gasteiger partial charge in [-0.3, -0.25) is 4.79 Å². The van der Waals surface area contributed by atoms with Crippen LogP contribution in [0.25, 0.3) is 0 Å². The lowest BCUT2D eigenvalue weighted by Gasteiger charge is -2.21. The van der Waals surface area contributed by atoms with Crippen LogP contribution in [-0.4, -0.2) is 36.5 Å². The monoisotopic (exact) mass is 337 g/mol. The van der Waals surface area contributed by atoms with Gasteiger partial charge in [0, 0.05) is 31.1 Å². The van der Waals surface area contributed by atoms with E-state index in [-0.39, 0.29) is 18.0 Å². The Morgan fingerprint density at radius 3 is 2.87 bits per heavy atom. The number of carbonyl (C=O) groups is 2. The van der Waals surface area contributed by atoms with Crippen LogP contribution < -0.4 is 10.6 Å². The minimum atomic E-state index is -0.250. The van der Waals surface area contributed by atoms with E-state index in [1.165, 1.54) is 0 Å². The third kappa shape index (κ3) is 5.43. The maximum atomic E-state index is 12.0. The van der Waals surface area contributed by atoms with Gasteiger partial charge >= 0.3 is 6.03 Å². The molecule has 1 unspecified atom stereocenters. The Labute approximate surface area is 142 Å². The molecule has 2 N–H and O–H groups in total. The minimum Gasteiger partial charge on any atom is -0.341 e. The average Bonchev–Trinajstić information content (AvgIpc) is 2.72. The van der Waals surface area contributed by atoms with E-state index in [1.807, 2.05) is 30.0 Å². The van der Waals surface area contributed by atoms with Crippen molar-refractivity contribution in [2.75, 3.05) is 19.6 Å². The van der Waals surface area contributed by atoms with Crippen molar-refractivity contribution in [1.29, 1.82) is 0 Å². The Hall–Kier alpha value is -1.75. The number of amides is 3.